The zero-order valence-electron chi connectivity index (χ0n) is 21.1. The van der Waals surface area contributed by atoms with Gasteiger partial charge < -0.3 is 19.7 Å². The molecule has 190 valence electrons. The number of para-hydroxylation sites is 1. The number of carbonyl (C=O) groups is 2. The molecule has 0 aromatic heterocycles. The maximum absolute atomic E-state index is 13.5. The minimum atomic E-state index is -0.689. The minimum absolute atomic E-state index is 0.148. The Morgan fingerprint density at radius 3 is 2.03 bits per heavy atom. The smallest absolute Gasteiger partial charge is 0.261 e. The Kier molecular flexibility index (Phi) is 11.0. The molecule has 3 rings (SSSR count). The Hall–Kier alpha value is -3.64. The number of nitrogens with one attached hydrogen (secondary N) is 1. The Morgan fingerprint density at radius 2 is 1.42 bits per heavy atom. The maximum atomic E-state index is 13.5. The molecule has 0 heterocycles. The molecule has 0 aliphatic heterocycles. The summed E-state index contributed by atoms with van der Waals surface area (Å²) in [6.45, 7) is 5.17. The molecule has 0 aliphatic carbocycles. The summed E-state index contributed by atoms with van der Waals surface area (Å²) in [5.41, 5.74) is 1.93. The topological polar surface area (TPSA) is 67.9 Å². The average Bonchev–Trinajstić information content (AvgIpc) is 2.90. The molecule has 0 unspecified atom stereocenters. The molecule has 36 heavy (non-hydrogen) atoms. The van der Waals surface area contributed by atoms with Crippen LogP contribution in [-0.2, 0) is 27.3 Å². The van der Waals surface area contributed by atoms with Gasteiger partial charge in [0.2, 0.25) is 5.91 Å². The van der Waals surface area contributed by atoms with Crippen LogP contribution in [0.3, 0.4) is 0 Å². The van der Waals surface area contributed by atoms with Crippen molar-refractivity contribution in [2.75, 3.05) is 19.8 Å². The van der Waals surface area contributed by atoms with Gasteiger partial charge in [-0.15, -0.1) is 0 Å². The van der Waals surface area contributed by atoms with Gasteiger partial charge in [0.05, 0.1) is 6.10 Å². The van der Waals surface area contributed by atoms with Crippen LogP contribution in [0.1, 0.15) is 31.4 Å². The SMILES string of the molecule is CC(C)OCCCNC(=O)[C@H](Cc1ccccc1)N(Cc1ccccc1)C(=O)COc1ccccc1. The maximum Gasteiger partial charge on any atom is 0.261 e. The first-order chi connectivity index (χ1) is 17.5. The Balaban J connectivity index is 1.79. The Morgan fingerprint density at radius 1 is 0.833 bits per heavy atom. The van der Waals surface area contributed by atoms with Gasteiger partial charge in [-0.25, -0.2) is 0 Å². The number of rotatable bonds is 14. The van der Waals surface area contributed by atoms with E-state index in [0.717, 1.165) is 11.1 Å². The van der Waals surface area contributed by atoms with Gasteiger partial charge in [0.25, 0.3) is 5.91 Å². The van der Waals surface area contributed by atoms with E-state index < -0.39 is 6.04 Å². The summed E-state index contributed by atoms with van der Waals surface area (Å²) in [6, 6.07) is 28.0. The molecule has 0 radical (unpaired) electrons. The van der Waals surface area contributed by atoms with Crippen LogP contribution in [0.25, 0.3) is 0 Å². The minimum Gasteiger partial charge on any atom is -0.484 e. The summed E-state index contributed by atoms with van der Waals surface area (Å²) >= 11 is 0. The highest BCUT2D eigenvalue weighted by Crippen LogP contribution is 2.16. The van der Waals surface area contributed by atoms with Crippen molar-refractivity contribution in [3.8, 4) is 5.75 Å². The standard InChI is InChI=1S/C30H36N2O4/c1-24(2)35-20-12-19-31-30(34)28(21-25-13-6-3-7-14-25)32(22-26-15-8-4-9-16-26)29(33)23-36-27-17-10-5-11-18-27/h3-11,13-18,24,28H,12,19-23H2,1-2H3,(H,31,34)/t28-/m0/s1. The highest BCUT2D eigenvalue weighted by molar-refractivity contribution is 5.88. The van der Waals surface area contributed by atoms with Crippen molar-refractivity contribution in [1.82, 2.24) is 10.2 Å². The van der Waals surface area contributed by atoms with Gasteiger partial charge in [-0.05, 0) is 43.5 Å². The summed E-state index contributed by atoms with van der Waals surface area (Å²) in [5, 5.41) is 3.02. The highest BCUT2D eigenvalue weighted by atomic mass is 16.5. The fourth-order valence-corrected chi connectivity index (χ4v) is 3.80. The summed E-state index contributed by atoms with van der Waals surface area (Å²) in [7, 11) is 0. The fourth-order valence-electron chi connectivity index (χ4n) is 3.80. The van der Waals surface area contributed by atoms with E-state index in [9.17, 15) is 9.59 Å². The molecule has 0 saturated carbocycles. The predicted octanol–water partition coefficient (Wildman–Crippen LogP) is 4.64. The normalized spacial score (nSPS) is 11.6. The molecule has 3 aromatic carbocycles. The van der Waals surface area contributed by atoms with Crippen molar-refractivity contribution in [1.29, 1.82) is 0 Å². The number of carbonyl (C=O) groups excluding carboxylic acids is 2. The second-order valence-corrected chi connectivity index (χ2v) is 8.88. The lowest BCUT2D eigenvalue weighted by atomic mass is 10.0. The number of benzene rings is 3. The van der Waals surface area contributed by atoms with Crippen LogP contribution in [0.5, 0.6) is 5.75 Å². The first kappa shape index (κ1) is 27.0. The third-order valence-corrected chi connectivity index (χ3v) is 5.64. The van der Waals surface area contributed by atoms with E-state index in [1.54, 1.807) is 4.90 Å². The predicted molar refractivity (Wildman–Crippen MR) is 142 cm³/mol. The van der Waals surface area contributed by atoms with Crippen molar-refractivity contribution >= 4 is 11.8 Å². The lowest BCUT2D eigenvalue weighted by Crippen LogP contribution is -2.52. The number of nitrogens with zero attached hydrogens (tertiary/aromatic N) is 1. The van der Waals surface area contributed by atoms with Gasteiger partial charge in [-0.2, -0.15) is 0 Å². The van der Waals surface area contributed by atoms with E-state index in [1.165, 1.54) is 0 Å². The highest BCUT2D eigenvalue weighted by Gasteiger charge is 2.30. The molecule has 0 saturated heterocycles. The first-order valence-electron chi connectivity index (χ1n) is 12.5. The van der Waals surface area contributed by atoms with Crippen molar-refractivity contribution in [2.45, 2.75) is 45.4 Å². The van der Waals surface area contributed by atoms with Crippen LogP contribution in [0.15, 0.2) is 91.0 Å². The van der Waals surface area contributed by atoms with Crippen LogP contribution < -0.4 is 10.1 Å². The van der Waals surface area contributed by atoms with Crippen molar-refractivity contribution in [3.05, 3.63) is 102 Å². The van der Waals surface area contributed by atoms with Crippen molar-refractivity contribution < 1.29 is 19.1 Å². The molecule has 0 fully saturated rings. The van der Waals surface area contributed by atoms with Crippen LogP contribution in [0, 0.1) is 0 Å². The molecule has 2 amide bonds. The average molecular weight is 489 g/mol. The molecule has 0 spiro atoms. The lowest BCUT2D eigenvalue weighted by molar-refractivity contribution is -0.142. The molecule has 6 nitrogen and oxygen atoms in total. The fraction of sp³-hybridized carbons (Fsp3) is 0.333. The van der Waals surface area contributed by atoms with E-state index in [1.807, 2.05) is 105 Å². The summed E-state index contributed by atoms with van der Waals surface area (Å²) in [4.78, 5) is 28.6. The molecular weight excluding hydrogens is 452 g/mol. The third kappa shape index (κ3) is 9.19. The second-order valence-electron chi connectivity index (χ2n) is 8.88. The largest absolute Gasteiger partial charge is 0.484 e. The summed E-state index contributed by atoms with van der Waals surface area (Å²) < 4.78 is 11.3. The quantitative estimate of drug-likeness (QED) is 0.336. The van der Waals surface area contributed by atoms with Crippen LogP contribution >= 0.6 is 0 Å². The van der Waals surface area contributed by atoms with Gasteiger partial charge in [0, 0.05) is 26.1 Å². The van der Waals surface area contributed by atoms with E-state index in [0.29, 0.717) is 38.3 Å². The van der Waals surface area contributed by atoms with Gasteiger partial charge in [-0.3, -0.25) is 9.59 Å². The van der Waals surface area contributed by atoms with Crippen LogP contribution in [0.4, 0.5) is 0 Å². The van der Waals surface area contributed by atoms with Gasteiger partial charge in [0.15, 0.2) is 6.61 Å². The number of ether oxygens (including phenoxy) is 2. The van der Waals surface area contributed by atoms with Crippen molar-refractivity contribution in [2.24, 2.45) is 0 Å². The number of hydrogen-bond donors (Lipinski definition) is 1. The van der Waals surface area contributed by atoms with Crippen molar-refractivity contribution in [3.63, 3.8) is 0 Å². The van der Waals surface area contributed by atoms with E-state index in [-0.39, 0.29) is 24.5 Å². The molecular formula is C30H36N2O4. The Bertz CT molecular complexity index is 1040. The number of hydrogen-bond acceptors (Lipinski definition) is 4. The summed E-state index contributed by atoms with van der Waals surface area (Å²) in [6.07, 6.45) is 1.25. The monoisotopic (exact) mass is 488 g/mol. The molecule has 0 bridgehead atoms. The molecule has 6 heteroatoms. The van der Waals surface area contributed by atoms with Crippen LogP contribution in [-0.4, -0.2) is 48.6 Å². The molecule has 0 aliphatic rings. The molecule has 1 atom stereocenters. The second kappa shape index (κ2) is 14.7. The third-order valence-electron chi connectivity index (χ3n) is 5.64. The summed E-state index contributed by atoms with van der Waals surface area (Å²) in [5.74, 6) is 0.175. The molecule has 1 N–H and O–H groups in total. The van der Waals surface area contributed by atoms with E-state index in [2.05, 4.69) is 5.32 Å². The first-order valence-corrected chi connectivity index (χ1v) is 12.5. The van der Waals surface area contributed by atoms with E-state index in [4.69, 9.17) is 9.47 Å². The molecule has 3 aromatic rings. The zero-order valence-corrected chi connectivity index (χ0v) is 21.1. The van der Waals surface area contributed by atoms with E-state index >= 15 is 0 Å². The number of amides is 2. The lowest BCUT2D eigenvalue weighted by Gasteiger charge is -2.31. The Labute approximate surface area is 214 Å². The van der Waals surface area contributed by atoms with Gasteiger partial charge in [-0.1, -0.05) is 78.9 Å². The van der Waals surface area contributed by atoms with Gasteiger partial charge >= 0.3 is 0 Å². The van der Waals surface area contributed by atoms with Crippen LogP contribution in [0.2, 0.25) is 0 Å². The zero-order chi connectivity index (χ0) is 25.6. The van der Waals surface area contributed by atoms with Gasteiger partial charge in [0.1, 0.15) is 11.8 Å².